The molecule has 2 aromatic carbocycles. The van der Waals surface area contributed by atoms with Gasteiger partial charge in [0.15, 0.2) is 0 Å². The van der Waals surface area contributed by atoms with E-state index >= 15 is 0 Å². The molecule has 18 heavy (non-hydrogen) atoms. The molecule has 2 rings (SSSR count). The Hall–Kier alpha value is -2.23. The van der Waals surface area contributed by atoms with Gasteiger partial charge in [-0.05, 0) is 49.4 Å². The standard InChI is InChI=1S/C14H15FN2O/c1-2-18-12-6-4-11(5-7-12)17-14-8-3-10(15)9-13(14)16/h3-9,17H,2,16H2,1H3. The zero-order valence-corrected chi connectivity index (χ0v) is 10.1. The summed E-state index contributed by atoms with van der Waals surface area (Å²) in [4.78, 5) is 0. The van der Waals surface area contributed by atoms with E-state index in [1.54, 1.807) is 6.07 Å². The fourth-order valence-corrected chi connectivity index (χ4v) is 1.60. The van der Waals surface area contributed by atoms with Gasteiger partial charge in [0.1, 0.15) is 11.6 Å². The van der Waals surface area contributed by atoms with Crippen LogP contribution < -0.4 is 15.8 Å². The van der Waals surface area contributed by atoms with Crippen molar-refractivity contribution in [2.45, 2.75) is 6.92 Å². The van der Waals surface area contributed by atoms with Gasteiger partial charge in [0, 0.05) is 5.69 Å². The molecular weight excluding hydrogens is 231 g/mol. The first-order chi connectivity index (χ1) is 8.69. The van der Waals surface area contributed by atoms with Crippen molar-refractivity contribution in [3.63, 3.8) is 0 Å². The van der Waals surface area contributed by atoms with Crippen LogP contribution in [0.5, 0.6) is 5.75 Å². The van der Waals surface area contributed by atoms with E-state index < -0.39 is 0 Å². The molecule has 94 valence electrons. The van der Waals surface area contributed by atoms with Crippen molar-refractivity contribution >= 4 is 17.1 Å². The lowest BCUT2D eigenvalue weighted by atomic mass is 10.2. The van der Waals surface area contributed by atoms with Gasteiger partial charge >= 0.3 is 0 Å². The molecule has 0 radical (unpaired) electrons. The van der Waals surface area contributed by atoms with Gasteiger partial charge in [0.25, 0.3) is 0 Å². The van der Waals surface area contributed by atoms with Crippen LogP contribution in [0.4, 0.5) is 21.5 Å². The topological polar surface area (TPSA) is 47.3 Å². The number of ether oxygens (including phenoxy) is 1. The Kier molecular flexibility index (Phi) is 3.67. The van der Waals surface area contributed by atoms with E-state index in [1.165, 1.54) is 12.1 Å². The largest absolute Gasteiger partial charge is 0.494 e. The normalized spacial score (nSPS) is 10.1. The van der Waals surface area contributed by atoms with Crippen LogP contribution in [0.2, 0.25) is 0 Å². The lowest BCUT2D eigenvalue weighted by Gasteiger charge is -2.10. The van der Waals surface area contributed by atoms with Crippen molar-refractivity contribution in [3.05, 3.63) is 48.3 Å². The summed E-state index contributed by atoms with van der Waals surface area (Å²) in [5, 5.41) is 3.12. The molecule has 0 aliphatic heterocycles. The highest BCUT2D eigenvalue weighted by Crippen LogP contribution is 2.25. The molecule has 0 aliphatic carbocycles. The molecule has 0 spiro atoms. The van der Waals surface area contributed by atoms with Crippen molar-refractivity contribution in [1.29, 1.82) is 0 Å². The summed E-state index contributed by atoms with van der Waals surface area (Å²) in [6, 6.07) is 11.8. The molecule has 2 aromatic rings. The summed E-state index contributed by atoms with van der Waals surface area (Å²) < 4.78 is 18.2. The third-order valence-electron chi connectivity index (χ3n) is 2.46. The van der Waals surface area contributed by atoms with E-state index in [-0.39, 0.29) is 5.82 Å². The van der Waals surface area contributed by atoms with E-state index in [9.17, 15) is 4.39 Å². The Morgan fingerprint density at radius 1 is 1.17 bits per heavy atom. The molecule has 0 saturated heterocycles. The van der Waals surface area contributed by atoms with Crippen LogP contribution in [0, 0.1) is 5.82 Å². The maximum absolute atomic E-state index is 12.9. The highest BCUT2D eigenvalue weighted by molar-refractivity contribution is 5.72. The molecule has 0 aliphatic rings. The zero-order chi connectivity index (χ0) is 13.0. The van der Waals surface area contributed by atoms with Crippen molar-refractivity contribution in [2.75, 3.05) is 17.7 Å². The van der Waals surface area contributed by atoms with Gasteiger partial charge in [0.2, 0.25) is 0 Å². The molecule has 0 unspecified atom stereocenters. The van der Waals surface area contributed by atoms with Gasteiger partial charge in [-0.3, -0.25) is 0 Å². The molecular formula is C14H15FN2O. The lowest BCUT2D eigenvalue weighted by molar-refractivity contribution is 0.340. The molecule has 0 amide bonds. The van der Waals surface area contributed by atoms with Crippen LogP contribution in [-0.4, -0.2) is 6.61 Å². The Balaban J connectivity index is 2.13. The van der Waals surface area contributed by atoms with Crippen LogP contribution in [-0.2, 0) is 0 Å². The summed E-state index contributed by atoms with van der Waals surface area (Å²) >= 11 is 0. The second-order valence-electron chi connectivity index (χ2n) is 3.81. The average Bonchev–Trinajstić information content (AvgIpc) is 2.35. The first-order valence-corrected chi connectivity index (χ1v) is 5.74. The number of halogens is 1. The first kappa shape index (κ1) is 12.2. The van der Waals surface area contributed by atoms with Gasteiger partial charge in [-0.15, -0.1) is 0 Å². The molecule has 0 fully saturated rings. The number of nitrogens with one attached hydrogen (secondary N) is 1. The smallest absolute Gasteiger partial charge is 0.125 e. The SMILES string of the molecule is CCOc1ccc(Nc2ccc(F)cc2N)cc1. The molecule has 0 saturated carbocycles. The van der Waals surface area contributed by atoms with E-state index in [4.69, 9.17) is 10.5 Å². The Morgan fingerprint density at radius 2 is 1.89 bits per heavy atom. The van der Waals surface area contributed by atoms with E-state index in [2.05, 4.69) is 5.32 Å². The molecule has 0 atom stereocenters. The van der Waals surface area contributed by atoms with Gasteiger partial charge in [-0.2, -0.15) is 0 Å². The molecule has 4 heteroatoms. The summed E-state index contributed by atoms with van der Waals surface area (Å²) in [6.07, 6.45) is 0. The minimum Gasteiger partial charge on any atom is -0.494 e. The quantitative estimate of drug-likeness (QED) is 0.811. The molecule has 3 nitrogen and oxygen atoms in total. The maximum atomic E-state index is 12.9. The fourth-order valence-electron chi connectivity index (χ4n) is 1.60. The number of hydrogen-bond acceptors (Lipinski definition) is 3. The lowest BCUT2D eigenvalue weighted by Crippen LogP contribution is -1.97. The Labute approximate surface area is 105 Å². The monoisotopic (exact) mass is 246 g/mol. The number of nitrogen functional groups attached to an aromatic ring is 1. The molecule has 3 N–H and O–H groups in total. The second-order valence-corrected chi connectivity index (χ2v) is 3.81. The maximum Gasteiger partial charge on any atom is 0.125 e. The first-order valence-electron chi connectivity index (χ1n) is 5.74. The van der Waals surface area contributed by atoms with Crippen LogP contribution >= 0.6 is 0 Å². The van der Waals surface area contributed by atoms with Crippen LogP contribution in [0.25, 0.3) is 0 Å². The van der Waals surface area contributed by atoms with Crippen molar-refractivity contribution < 1.29 is 9.13 Å². The van der Waals surface area contributed by atoms with Crippen LogP contribution in [0.1, 0.15) is 6.92 Å². The zero-order valence-electron chi connectivity index (χ0n) is 10.1. The van der Waals surface area contributed by atoms with Gasteiger partial charge in [-0.25, -0.2) is 4.39 Å². The average molecular weight is 246 g/mol. The third-order valence-corrected chi connectivity index (χ3v) is 2.46. The second kappa shape index (κ2) is 5.40. The van der Waals surface area contributed by atoms with Gasteiger partial charge in [-0.1, -0.05) is 0 Å². The Bertz CT molecular complexity index is 526. The number of nitrogens with two attached hydrogens (primary N) is 1. The number of anilines is 3. The summed E-state index contributed by atoms with van der Waals surface area (Å²) in [5.74, 6) is 0.472. The van der Waals surface area contributed by atoms with Crippen LogP contribution in [0.15, 0.2) is 42.5 Å². The van der Waals surface area contributed by atoms with Crippen molar-refractivity contribution in [1.82, 2.24) is 0 Å². The molecule has 0 heterocycles. The molecule has 0 aromatic heterocycles. The van der Waals surface area contributed by atoms with E-state index in [0.29, 0.717) is 18.0 Å². The minimum absolute atomic E-state index is 0.343. The summed E-state index contributed by atoms with van der Waals surface area (Å²) in [5.41, 5.74) is 7.65. The third kappa shape index (κ3) is 2.91. The van der Waals surface area contributed by atoms with Gasteiger partial charge in [0.05, 0.1) is 18.0 Å². The van der Waals surface area contributed by atoms with Crippen molar-refractivity contribution in [2.24, 2.45) is 0 Å². The predicted octanol–water partition coefficient (Wildman–Crippen LogP) is 3.55. The Morgan fingerprint density at radius 3 is 2.50 bits per heavy atom. The fraction of sp³-hybridized carbons (Fsp3) is 0.143. The number of benzene rings is 2. The minimum atomic E-state index is -0.343. The number of hydrogen-bond donors (Lipinski definition) is 2. The van der Waals surface area contributed by atoms with Gasteiger partial charge < -0.3 is 15.8 Å². The molecule has 0 bridgehead atoms. The predicted molar refractivity (Wildman–Crippen MR) is 71.7 cm³/mol. The summed E-state index contributed by atoms with van der Waals surface area (Å²) in [6.45, 7) is 2.57. The van der Waals surface area contributed by atoms with Crippen molar-refractivity contribution in [3.8, 4) is 5.75 Å². The highest BCUT2D eigenvalue weighted by atomic mass is 19.1. The highest BCUT2D eigenvalue weighted by Gasteiger charge is 2.01. The van der Waals surface area contributed by atoms with Crippen LogP contribution in [0.3, 0.4) is 0 Å². The number of rotatable bonds is 4. The van der Waals surface area contributed by atoms with E-state index in [1.807, 2.05) is 31.2 Å². The summed E-state index contributed by atoms with van der Waals surface area (Å²) in [7, 11) is 0. The van der Waals surface area contributed by atoms with E-state index in [0.717, 1.165) is 11.4 Å².